The SMILES string of the molecule is CCCNCC(CCC(C)C)c1cccc(C)c1. The van der Waals surface area contributed by atoms with Gasteiger partial charge in [0.25, 0.3) is 0 Å². The van der Waals surface area contributed by atoms with Crippen LogP contribution in [0, 0.1) is 12.8 Å². The molecule has 0 aliphatic heterocycles. The van der Waals surface area contributed by atoms with E-state index < -0.39 is 0 Å². The van der Waals surface area contributed by atoms with Crippen molar-refractivity contribution < 1.29 is 0 Å². The molecule has 0 spiro atoms. The fourth-order valence-corrected chi connectivity index (χ4v) is 2.30. The van der Waals surface area contributed by atoms with Gasteiger partial charge in [-0.15, -0.1) is 0 Å². The Morgan fingerprint density at radius 2 is 1.94 bits per heavy atom. The topological polar surface area (TPSA) is 12.0 Å². The Morgan fingerprint density at radius 1 is 1.17 bits per heavy atom. The van der Waals surface area contributed by atoms with E-state index in [1.54, 1.807) is 0 Å². The quantitative estimate of drug-likeness (QED) is 0.666. The molecule has 1 atom stereocenters. The molecular formula is C17H29N. The zero-order chi connectivity index (χ0) is 13.4. The van der Waals surface area contributed by atoms with Gasteiger partial charge in [0.2, 0.25) is 0 Å². The highest BCUT2D eigenvalue weighted by Crippen LogP contribution is 2.23. The molecule has 1 unspecified atom stereocenters. The van der Waals surface area contributed by atoms with Crippen LogP contribution in [0.4, 0.5) is 0 Å². The number of hydrogen-bond donors (Lipinski definition) is 1. The van der Waals surface area contributed by atoms with Crippen molar-refractivity contribution in [3.8, 4) is 0 Å². The molecule has 0 aliphatic rings. The standard InChI is InChI=1S/C17H29N/c1-5-11-18-13-17(10-9-14(2)3)16-8-6-7-15(4)12-16/h6-8,12,14,17-18H,5,9-11,13H2,1-4H3. The first-order valence-electron chi connectivity index (χ1n) is 7.40. The molecule has 1 nitrogen and oxygen atoms in total. The maximum absolute atomic E-state index is 3.58. The summed E-state index contributed by atoms with van der Waals surface area (Å²) in [5, 5.41) is 3.58. The normalized spacial score (nSPS) is 12.9. The predicted molar refractivity (Wildman–Crippen MR) is 81.2 cm³/mol. The molecule has 0 fully saturated rings. The first-order valence-corrected chi connectivity index (χ1v) is 7.40. The molecule has 1 aromatic rings. The van der Waals surface area contributed by atoms with Crippen LogP contribution >= 0.6 is 0 Å². The van der Waals surface area contributed by atoms with Gasteiger partial charge in [-0.3, -0.25) is 0 Å². The van der Waals surface area contributed by atoms with E-state index in [0.717, 1.165) is 19.0 Å². The van der Waals surface area contributed by atoms with Gasteiger partial charge in [-0.05, 0) is 43.7 Å². The Bertz CT molecular complexity index is 330. The van der Waals surface area contributed by atoms with Crippen LogP contribution in [-0.2, 0) is 0 Å². The Balaban J connectivity index is 2.63. The fraction of sp³-hybridized carbons (Fsp3) is 0.647. The Labute approximate surface area is 113 Å². The molecule has 1 rings (SSSR count). The molecular weight excluding hydrogens is 218 g/mol. The van der Waals surface area contributed by atoms with E-state index in [9.17, 15) is 0 Å². The predicted octanol–water partition coefficient (Wildman–Crippen LogP) is 4.51. The zero-order valence-corrected chi connectivity index (χ0v) is 12.5. The first kappa shape index (κ1) is 15.2. The van der Waals surface area contributed by atoms with E-state index in [-0.39, 0.29) is 0 Å². The summed E-state index contributed by atoms with van der Waals surface area (Å²) in [6.45, 7) is 11.3. The van der Waals surface area contributed by atoms with Crippen molar-refractivity contribution in [2.75, 3.05) is 13.1 Å². The van der Waals surface area contributed by atoms with Gasteiger partial charge in [0.05, 0.1) is 0 Å². The second-order valence-corrected chi connectivity index (χ2v) is 5.79. The summed E-state index contributed by atoms with van der Waals surface area (Å²) < 4.78 is 0. The Morgan fingerprint density at radius 3 is 2.56 bits per heavy atom. The van der Waals surface area contributed by atoms with Crippen LogP contribution in [0.25, 0.3) is 0 Å². The zero-order valence-electron chi connectivity index (χ0n) is 12.5. The van der Waals surface area contributed by atoms with E-state index in [0.29, 0.717) is 5.92 Å². The highest BCUT2D eigenvalue weighted by Gasteiger charge is 2.12. The van der Waals surface area contributed by atoms with Crippen LogP contribution < -0.4 is 5.32 Å². The van der Waals surface area contributed by atoms with Crippen LogP contribution in [0.3, 0.4) is 0 Å². The van der Waals surface area contributed by atoms with Crippen molar-refractivity contribution in [2.45, 2.75) is 52.9 Å². The highest BCUT2D eigenvalue weighted by molar-refractivity contribution is 5.25. The van der Waals surface area contributed by atoms with Gasteiger partial charge < -0.3 is 5.32 Å². The lowest BCUT2D eigenvalue weighted by Gasteiger charge is -2.19. The Hall–Kier alpha value is -0.820. The van der Waals surface area contributed by atoms with Crippen molar-refractivity contribution in [3.63, 3.8) is 0 Å². The van der Waals surface area contributed by atoms with Crippen LogP contribution in [-0.4, -0.2) is 13.1 Å². The first-order chi connectivity index (χ1) is 8.63. The summed E-state index contributed by atoms with van der Waals surface area (Å²) in [5.41, 5.74) is 2.87. The minimum absolute atomic E-state index is 0.666. The summed E-state index contributed by atoms with van der Waals surface area (Å²) in [6.07, 6.45) is 3.81. The molecule has 1 N–H and O–H groups in total. The van der Waals surface area contributed by atoms with Crippen molar-refractivity contribution in [1.82, 2.24) is 5.32 Å². The average Bonchev–Trinajstić information content (AvgIpc) is 2.33. The second-order valence-electron chi connectivity index (χ2n) is 5.79. The van der Waals surface area contributed by atoms with Crippen molar-refractivity contribution >= 4 is 0 Å². The average molecular weight is 247 g/mol. The number of hydrogen-bond acceptors (Lipinski definition) is 1. The van der Waals surface area contributed by atoms with E-state index in [4.69, 9.17) is 0 Å². The molecule has 0 aromatic heterocycles. The molecule has 0 bridgehead atoms. The van der Waals surface area contributed by atoms with E-state index in [1.165, 1.54) is 30.4 Å². The lowest BCUT2D eigenvalue weighted by Crippen LogP contribution is -2.22. The van der Waals surface area contributed by atoms with E-state index >= 15 is 0 Å². The lowest BCUT2D eigenvalue weighted by molar-refractivity contribution is 0.476. The molecule has 0 aliphatic carbocycles. The van der Waals surface area contributed by atoms with E-state index in [2.05, 4.69) is 57.3 Å². The fourth-order valence-electron chi connectivity index (χ4n) is 2.30. The van der Waals surface area contributed by atoms with Gasteiger partial charge in [0.1, 0.15) is 0 Å². The monoisotopic (exact) mass is 247 g/mol. The summed E-state index contributed by atoms with van der Waals surface area (Å²) >= 11 is 0. The van der Waals surface area contributed by atoms with E-state index in [1.807, 2.05) is 0 Å². The third-order valence-corrected chi connectivity index (χ3v) is 3.42. The van der Waals surface area contributed by atoms with Crippen LogP contribution in [0.15, 0.2) is 24.3 Å². The summed E-state index contributed by atoms with van der Waals surface area (Å²) in [4.78, 5) is 0. The molecule has 0 heterocycles. The molecule has 0 radical (unpaired) electrons. The third kappa shape index (κ3) is 5.68. The number of benzene rings is 1. The highest BCUT2D eigenvalue weighted by atomic mass is 14.8. The van der Waals surface area contributed by atoms with Gasteiger partial charge in [-0.1, -0.05) is 57.0 Å². The summed E-state index contributed by atoms with van der Waals surface area (Å²) in [6, 6.07) is 9.00. The largest absolute Gasteiger partial charge is 0.316 e. The molecule has 18 heavy (non-hydrogen) atoms. The molecule has 0 saturated heterocycles. The van der Waals surface area contributed by atoms with Gasteiger partial charge in [0, 0.05) is 6.54 Å². The van der Waals surface area contributed by atoms with Gasteiger partial charge in [0.15, 0.2) is 0 Å². The minimum Gasteiger partial charge on any atom is -0.316 e. The number of rotatable bonds is 8. The summed E-state index contributed by atoms with van der Waals surface area (Å²) in [7, 11) is 0. The minimum atomic E-state index is 0.666. The van der Waals surface area contributed by atoms with Crippen molar-refractivity contribution in [1.29, 1.82) is 0 Å². The van der Waals surface area contributed by atoms with Gasteiger partial charge >= 0.3 is 0 Å². The van der Waals surface area contributed by atoms with Crippen LogP contribution in [0.5, 0.6) is 0 Å². The van der Waals surface area contributed by atoms with Crippen molar-refractivity contribution in [3.05, 3.63) is 35.4 Å². The molecule has 0 amide bonds. The van der Waals surface area contributed by atoms with Crippen LogP contribution in [0.2, 0.25) is 0 Å². The number of nitrogens with one attached hydrogen (secondary N) is 1. The van der Waals surface area contributed by atoms with Crippen LogP contribution in [0.1, 0.15) is 57.1 Å². The van der Waals surface area contributed by atoms with Gasteiger partial charge in [-0.2, -0.15) is 0 Å². The Kier molecular flexibility index (Phi) is 7.04. The smallest absolute Gasteiger partial charge is 0.00201 e. The molecule has 1 aromatic carbocycles. The number of aryl methyl sites for hydroxylation is 1. The third-order valence-electron chi connectivity index (χ3n) is 3.42. The molecule has 1 heteroatoms. The molecule has 0 saturated carbocycles. The maximum atomic E-state index is 3.58. The second kappa shape index (κ2) is 8.31. The molecule has 102 valence electrons. The van der Waals surface area contributed by atoms with Crippen molar-refractivity contribution in [2.24, 2.45) is 5.92 Å². The summed E-state index contributed by atoms with van der Waals surface area (Å²) in [5.74, 6) is 1.46. The lowest BCUT2D eigenvalue weighted by atomic mass is 9.90. The maximum Gasteiger partial charge on any atom is 0.00201 e. The van der Waals surface area contributed by atoms with Gasteiger partial charge in [-0.25, -0.2) is 0 Å².